The van der Waals surface area contributed by atoms with Gasteiger partial charge >= 0.3 is 11.9 Å². The van der Waals surface area contributed by atoms with Crippen LogP contribution in [0.15, 0.2) is 31.9 Å². The van der Waals surface area contributed by atoms with E-state index in [-0.39, 0.29) is 19.6 Å². The Morgan fingerprint density at radius 2 is 2.14 bits per heavy atom. The summed E-state index contributed by atoms with van der Waals surface area (Å²) in [6.45, 7) is 0.571. The van der Waals surface area contributed by atoms with E-state index in [4.69, 9.17) is 4.42 Å². The third-order valence-electron chi connectivity index (χ3n) is 3.94. The fraction of sp³-hybridized carbons (Fsp3) is 0.500. The average molecular weight is 379 g/mol. The van der Waals surface area contributed by atoms with Crippen molar-refractivity contribution in [3.63, 3.8) is 0 Å². The number of fused-ring (bicyclic) bond motifs is 1. The lowest BCUT2D eigenvalue weighted by Crippen LogP contribution is -2.43. The lowest BCUT2D eigenvalue weighted by atomic mass is 9.98. The standard InChI is InChI=1S/C14H14BrF3N2O2/c15-10-3-4-11-12(6-10)22-13(21)20(11)8-19-5-1-2-9(7-19)14(16,17)18/h3-4,6,9H,1-2,5,7-8H2/t9-/m0/s1. The Kier molecular flexibility index (Phi) is 4.07. The number of nitrogens with zero attached hydrogens (tertiary/aromatic N) is 2. The number of benzene rings is 1. The van der Waals surface area contributed by atoms with E-state index < -0.39 is 17.9 Å². The molecule has 4 nitrogen and oxygen atoms in total. The molecule has 0 N–H and O–H groups in total. The van der Waals surface area contributed by atoms with Crippen molar-refractivity contribution in [3.8, 4) is 0 Å². The van der Waals surface area contributed by atoms with Crippen LogP contribution < -0.4 is 5.76 Å². The van der Waals surface area contributed by atoms with Crippen molar-refractivity contribution < 1.29 is 17.6 Å². The fourth-order valence-corrected chi connectivity index (χ4v) is 3.17. The molecule has 0 aliphatic carbocycles. The van der Waals surface area contributed by atoms with Crippen molar-refractivity contribution in [1.82, 2.24) is 9.47 Å². The maximum Gasteiger partial charge on any atom is 0.421 e. The van der Waals surface area contributed by atoms with Crippen molar-refractivity contribution in [3.05, 3.63) is 33.2 Å². The Morgan fingerprint density at radius 3 is 2.86 bits per heavy atom. The van der Waals surface area contributed by atoms with Crippen LogP contribution in [0.25, 0.3) is 11.1 Å². The smallest absolute Gasteiger partial charge is 0.408 e. The molecule has 0 amide bonds. The lowest BCUT2D eigenvalue weighted by Gasteiger charge is -2.33. The second-order valence-electron chi connectivity index (χ2n) is 5.51. The van der Waals surface area contributed by atoms with Crippen LogP contribution in [0.5, 0.6) is 0 Å². The Morgan fingerprint density at radius 1 is 1.36 bits per heavy atom. The summed E-state index contributed by atoms with van der Waals surface area (Å²) in [4.78, 5) is 13.6. The number of piperidine rings is 1. The zero-order chi connectivity index (χ0) is 15.9. The molecule has 0 bridgehead atoms. The number of likely N-dealkylation sites (tertiary alicyclic amines) is 1. The minimum atomic E-state index is -4.19. The van der Waals surface area contributed by atoms with Gasteiger partial charge in [0.15, 0.2) is 5.58 Å². The van der Waals surface area contributed by atoms with Crippen LogP contribution in [0.1, 0.15) is 12.8 Å². The molecule has 2 aromatic rings. The summed E-state index contributed by atoms with van der Waals surface area (Å²) in [5, 5.41) is 0. The molecule has 1 fully saturated rings. The van der Waals surface area contributed by atoms with Crippen molar-refractivity contribution in [2.24, 2.45) is 5.92 Å². The van der Waals surface area contributed by atoms with Gasteiger partial charge in [0.1, 0.15) is 0 Å². The van der Waals surface area contributed by atoms with Crippen LogP contribution in [-0.4, -0.2) is 28.7 Å². The first-order chi connectivity index (χ1) is 10.3. The van der Waals surface area contributed by atoms with Gasteiger partial charge in [0.25, 0.3) is 0 Å². The normalized spacial score (nSPS) is 20.6. The zero-order valence-corrected chi connectivity index (χ0v) is 13.2. The van der Waals surface area contributed by atoms with Crippen LogP contribution in [0, 0.1) is 5.92 Å². The summed E-state index contributed by atoms with van der Waals surface area (Å²) in [7, 11) is 0. The monoisotopic (exact) mass is 378 g/mol. The summed E-state index contributed by atoms with van der Waals surface area (Å²) < 4.78 is 45.8. The summed E-state index contributed by atoms with van der Waals surface area (Å²) in [6, 6.07) is 5.15. The number of hydrogen-bond acceptors (Lipinski definition) is 3. The van der Waals surface area contributed by atoms with Crippen LogP contribution in [0.3, 0.4) is 0 Å². The molecule has 3 rings (SSSR count). The number of oxazole rings is 1. The van der Waals surface area contributed by atoms with E-state index in [0.717, 1.165) is 4.47 Å². The molecule has 22 heavy (non-hydrogen) atoms. The SMILES string of the molecule is O=c1oc2cc(Br)ccc2n1CN1CCC[C@H](C(F)(F)F)C1. The lowest BCUT2D eigenvalue weighted by molar-refractivity contribution is -0.188. The Labute approximate surface area is 132 Å². The van der Waals surface area contributed by atoms with E-state index in [0.29, 0.717) is 24.1 Å². The molecular formula is C14H14BrF3N2O2. The molecule has 0 spiro atoms. The molecule has 1 atom stereocenters. The summed E-state index contributed by atoms with van der Waals surface area (Å²) in [5.74, 6) is -1.88. The van der Waals surface area contributed by atoms with E-state index in [1.54, 1.807) is 23.1 Å². The minimum Gasteiger partial charge on any atom is -0.408 e. The second kappa shape index (κ2) is 5.73. The number of alkyl halides is 3. The topological polar surface area (TPSA) is 38.4 Å². The molecule has 120 valence electrons. The van der Waals surface area contributed by atoms with Crippen molar-refractivity contribution in [2.75, 3.05) is 13.1 Å². The van der Waals surface area contributed by atoms with Gasteiger partial charge in [-0.25, -0.2) is 4.79 Å². The number of halogens is 4. The Balaban J connectivity index is 1.84. The number of rotatable bonds is 2. The number of aromatic nitrogens is 1. The van der Waals surface area contributed by atoms with Gasteiger partial charge in [-0.15, -0.1) is 0 Å². The quantitative estimate of drug-likeness (QED) is 0.801. The van der Waals surface area contributed by atoms with Crippen molar-refractivity contribution in [1.29, 1.82) is 0 Å². The second-order valence-corrected chi connectivity index (χ2v) is 6.42. The Bertz CT molecular complexity index is 738. The molecule has 1 aliphatic heterocycles. The maximum absolute atomic E-state index is 12.9. The summed E-state index contributed by atoms with van der Waals surface area (Å²) in [5.41, 5.74) is 1.01. The van der Waals surface area contributed by atoms with Gasteiger partial charge in [0.05, 0.1) is 18.1 Å². The van der Waals surface area contributed by atoms with Gasteiger partial charge in [0.2, 0.25) is 0 Å². The van der Waals surface area contributed by atoms with E-state index in [1.165, 1.54) is 4.57 Å². The highest BCUT2D eigenvalue weighted by Gasteiger charge is 2.41. The molecule has 0 saturated carbocycles. The van der Waals surface area contributed by atoms with E-state index in [2.05, 4.69) is 15.9 Å². The van der Waals surface area contributed by atoms with Crippen LogP contribution >= 0.6 is 15.9 Å². The highest BCUT2D eigenvalue weighted by molar-refractivity contribution is 9.10. The average Bonchev–Trinajstić information content (AvgIpc) is 2.74. The first-order valence-electron chi connectivity index (χ1n) is 6.92. The van der Waals surface area contributed by atoms with Gasteiger partial charge in [-0.05, 0) is 37.6 Å². The summed E-state index contributed by atoms with van der Waals surface area (Å²) >= 11 is 3.29. The first kappa shape index (κ1) is 15.6. The molecule has 8 heteroatoms. The number of hydrogen-bond donors (Lipinski definition) is 0. The first-order valence-corrected chi connectivity index (χ1v) is 7.72. The molecule has 1 aromatic carbocycles. The minimum absolute atomic E-state index is 0.0842. The largest absolute Gasteiger partial charge is 0.421 e. The van der Waals surface area contributed by atoms with Crippen molar-refractivity contribution >= 4 is 27.0 Å². The predicted molar refractivity (Wildman–Crippen MR) is 78.5 cm³/mol. The van der Waals surface area contributed by atoms with Crippen LogP contribution in [-0.2, 0) is 6.67 Å². The highest BCUT2D eigenvalue weighted by Crippen LogP contribution is 2.33. The molecule has 0 unspecified atom stereocenters. The van der Waals surface area contributed by atoms with Crippen LogP contribution in [0.2, 0.25) is 0 Å². The third kappa shape index (κ3) is 3.08. The molecule has 1 saturated heterocycles. The molecular weight excluding hydrogens is 365 g/mol. The fourth-order valence-electron chi connectivity index (χ4n) is 2.83. The van der Waals surface area contributed by atoms with Crippen LogP contribution in [0.4, 0.5) is 13.2 Å². The van der Waals surface area contributed by atoms with Gasteiger partial charge in [0, 0.05) is 11.0 Å². The summed E-state index contributed by atoms with van der Waals surface area (Å²) in [6.07, 6.45) is -3.57. The van der Waals surface area contributed by atoms with Gasteiger partial charge in [-0.2, -0.15) is 13.2 Å². The highest BCUT2D eigenvalue weighted by atomic mass is 79.9. The van der Waals surface area contributed by atoms with E-state index in [1.807, 2.05) is 0 Å². The van der Waals surface area contributed by atoms with Gasteiger partial charge in [-0.3, -0.25) is 9.47 Å². The van der Waals surface area contributed by atoms with Gasteiger partial charge in [-0.1, -0.05) is 15.9 Å². The molecule has 0 radical (unpaired) electrons. The van der Waals surface area contributed by atoms with Crippen molar-refractivity contribution in [2.45, 2.75) is 25.7 Å². The predicted octanol–water partition coefficient (Wildman–Crippen LogP) is 3.59. The van der Waals surface area contributed by atoms with Gasteiger partial charge < -0.3 is 4.42 Å². The maximum atomic E-state index is 12.9. The Hall–Kier alpha value is -1.28. The third-order valence-corrected chi connectivity index (χ3v) is 4.43. The van der Waals surface area contributed by atoms with E-state index in [9.17, 15) is 18.0 Å². The molecule has 1 aromatic heterocycles. The molecule has 2 heterocycles. The van der Waals surface area contributed by atoms with E-state index >= 15 is 0 Å². The molecule has 1 aliphatic rings. The zero-order valence-electron chi connectivity index (χ0n) is 11.6.